The summed E-state index contributed by atoms with van der Waals surface area (Å²) in [5.41, 5.74) is 6.01. The third kappa shape index (κ3) is 7.91. The first kappa shape index (κ1) is 28.5. The number of nitro groups is 2. The molecule has 0 radical (unpaired) electrons. The van der Waals surface area contributed by atoms with Crippen LogP contribution < -0.4 is 11.1 Å². The number of carboxylic acid groups (broad SMARTS) is 1. The number of nitro benzene ring substituents is 2. The molecule has 33 heavy (non-hydrogen) atoms. The maximum Gasteiger partial charge on any atom is 0.310 e. The number of nitrogen functional groups attached to an aromatic ring is 1. The van der Waals surface area contributed by atoms with Crippen molar-refractivity contribution >= 4 is 34.6 Å². The number of nitrogens with zero attached hydrogens (tertiary/aromatic N) is 3. The Hall–Kier alpha value is -4.53. The Morgan fingerprint density at radius 3 is 2.03 bits per heavy atom. The number of hydrogen-bond donors (Lipinski definition) is 3. The number of aliphatic carboxylic acids is 1. The fourth-order valence-electron chi connectivity index (χ4n) is 2.46. The number of rotatable bonds is 6. The molecular formula is C21H25N5O7. The molecule has 4 N–H and O–H groups in total. The van der Waals surface area contributed by atoms with Crippen LogP contribution in [0.1, 0.15) is 51.3 Å². The van der Waals surface area contributed by atoms with Crippen LogP contribution in [0.3, 0.4) is 0 Å². The summed E-state index contributed by atoms with van der Waals surface area (Å²) in [5, 5.41) is 32.5. The van der Waals surface area contributed by atoms with Crippen LogP contribution in [0.25, 0.3) is 4.85 Å². The van der Waals surface area contributed by atoms with Gasteiger partial charge in [0.2, 0.25) is 11.9 Å². The molecule has 0 aliphatic rings. The zero-order valence-electron chi connectivity index (χ0n) is 17.4. The molecule has 0 saturated carbocycles. The van der Waals surface area contributed by atoms with Crippen LogP contribution in [0.5, 0.6) is 0 Å². The van der Waals surface area contributed by atoms with E-state index in [0.717, 1.165) is 0 Å². The fourth-order valence-corrected chi connectivity index (χ4v) is 2.46. The lowest BCUT2D eigenvalue weighted by Crippen LogP contribution is -2.08. The number of carboxylic acids is 1. The van der Waals surface area contributed by atoms with Crippen molar-refractivity contribution in [3.63, 3.8) is 0 Å². The molecule has 2 aromatic rings. The largest absolute Gasteiger partial charge is 0.481 e. The number of benzene rings is 2. The lowest BCUT2D eigenvalue weighted by molar-refractivity contribution is -0.384. The van der Waals surface area contributed by atoms with Crippen molar-refractivity contribution in [1.82, 2.24) is 0 Å². The minimum Gasteiger partial charge on any atom is -0.481 e. The highest BCUT2D eigenvalue weighted by atomic mass is 16.6. The van der Waals surface area contributed by atoms with E-state index in [-0.39, 0.29) is 36.1 Å². The van der Waals surface area contributed by atoms with Gasteiger partial charge in [0.25, 0.3) is 11.4 Å². The van der Waals surface area contributed by atoms with E-state index in [1.165, 1.54) is 44.2 Å². The van der Waals surface area contributed by atoms with Crippen LogP contribution in [-0.2, 0) is 9.59 Å². The SMILES string of the molecule is C.CC(C(=O)O)c1ccc(N)c([N+](=O)[O-])c1.[C-]#[N+]C(C)c1ccc(NC(C)=O)c([N+](=O)[O-])c1. The summed E-state index contributed by atoms with van der Waals surface area (Å²) in [6.07, 6.45) is 0. The van der Waals surface area contributed by atoms with Gasteiger partial charge in [-0.1, -0.05) is 13.5 Å². The lowest BCUT2D eigenvalue weighted by atomic mass is 10.0. The molecule has 0 aliphatic carbocycles. The Kier molecular flexibility index (Phi) is 10.7. The third-order valence-corrected chi connectivity index (χ3v) is 4.33. The molecule has 0 heterocycles. The fraction of sp³-hybridized carbons (Fsp3) is 0.286. The summed E-state index contributed by atoms with van der Waals surface area (Å²) in [7, 11) is 0. The quantitative estimate of drug-likeness (QED) is 0.243. The van der Waals surface area contributed by atoms with Crippen LogP contribution in [0, 0.1) is 26.8 Å². The van der Waals surface area contributed by atoms with Gasteiger partial charge in [0.05, 0.1) is 15.8 Å². The second kappa shape index (κ2) is 12.4. The van der Waals surface area contributed by atoms with Crippen molar-refractivity contribution in [3.8, 4) is 0 Å². The van der Waals surface area contributed by atoms with E-state index < -0.39 is 27.8 Å². The van der Waals surface area contributed by atoms with Crippen molar-refractivity contribution in [1.29, 1.82) is 0 Å². The van der Waals surface area contributed by atoms with Gasteiger partial charge in [-0.15, -0.1) is 0 Å². The number of carbonyl (C=O) groups is 2. The van der Waals surface area contributed by atoms with Crippen LogP contribution in [0.15, 0.2) is 36.4 Å². The highest BCUT2D eigenvalue weighted by molar-refractivity contribution is 5.91. The third-order valence-electron chi connectivity index (χ3n) is 4.33. The first-order valence-electron chi connectivity index (χ1n) is 9.08. The minimum atomic E-state index is -1.03. The number of hydrogen-bond acceptors (Lipinski definition) is 7. The van der Waals surface area contributed by atoms with Crippen LogP contribution >= 0.6 is 0 Å². The van der Waals surface area contributed by atoms with Crippen molar-refractivity contribution in [2.45, 2.75) is 40.2 Å². The average molecular weight is 459 g/mol. The van der Waals surface area contributed by atoms with Crippen LogP contribution in [0.2, 0.25) is 0 Å². The van der Waals surface area contributed by atoms with E-state index in [2.05, 4.69) is 10.2 Å². The lowest BCUT2D eigenvalue weighted by Gasteiger charge is -2.06. The molecule has 0 bridgehead atoms. The molecule has 176 valence electrons. The van der Waals surface area contributed by atoms with E-state index >= 15 is 0 Å². The van der Waals surface area contributed by atoms with Crippen molar-refractivity contribution in [2.24, 2.45) is 0 Å². The van der Waals surface area contributed by atoms with Crippen molar-refractivity contribution in [3.05, 3.63) is 79.2 Å². The maximum absolute atomic E-state index is 10.9. The minimum absolute atomic E-state index is 0. The molecule has 0 aromatic heterocycles. The monoisotopic (exact) mass is 459 g/mol. The molecule has 2 aromatic carbocycles. The number of nitrogens with one attached hydrogen (secondary N) is 1. The van der Waals surface area contributed by atoms with Gasteiger partial charge < -0.3 is 21.0 Å². The molecule has 2 atom stereocenters. The standard InChI is InChI=1S/C11H11N3O3.C9H10N2O4.CH4/c1-7(12-3)9-4-5-10(13-8(2)15)11(6-9)14(16)17;1-5(9(12)13)6-2-3-7(10)8(4-6)11(14)15;/h4-7H,1-2H3,(H,13,15);2-5H,10H2,1H3,(H,12,13);1H4. The van der Waals surface area contributed by atoms with E-state index in [4.69, 9.17) is 17.4 Å². The second-order valence-corrected chi connectivity index (χ2v) is 6.66. The van der Waals surface area contributed by atoms with Gasteiger partial charge in [-0.05, 0) is 30.7 Å². The van der Waals surface area contributed by atoms with Gasteiger partial charge in [0, 0.05) is 31.5 Å². The number of carbonyl (C=O) groups excluding carboxylic acids is 1. The molecule has 12 heteroatoms. The summed E-state index contributed by atoms with van der Waals surface area (Å²) >= 11 is 0. The first-order valence-corrected chi connectivity index (χ1v) is 9.08. The van der Waals surface area contributed by atoms with Gasteiger partial charge in [-0.2, -0.15) is 0 Å². The Balaban J connectivity index is 0.000000607. The topological polar surface area (TPSA) is 183 Å². The van der Waals surface area contributed by atoms with Crippen molar-refractivity contribution < 1.29 is 24.5 Å². The van der Waals surface area contributed by atoms with Crippen LogP contribution in [-0.4, -0.2) is 26.8 Å². The van der Waals surface area contributed by atoms with E-state index in [1.54, 1.807) is 13.0 Å². The molecule has 0 spiro atoms. The molecule has 1 amide bonds. The zero-order chi connectivity index (χ0) is 24.6. The molecule has 0 fully saturated rings. The Morgan fingerprint density at radius 2 is 1.58 bits per heavy atom. The molecule has 2 rings (SSSR count). The van der Waals surface area contributed by atoms with E-state index in [1.807, 2.05) is 0 Å². The van der Waals surface area contributed by atoms with Crippen LogP contribution in [0.4, 0.5) is 22.7 Å². The summed E-state index contributed by atoms with van der Waals surface area (Å²) < 4.78 is 0. The molecule has 0 aliphatic heterocycles. The molecule has 12 nitrogen and oxygen atoms in total. The number of nitrogens with two attached hydrogens (primary N) is 1. The number of amides is 1. The second-order valence-electron chi connectivity index (χ2n) is 6.66. The highest BCUT2D eigenvalue weighted by Crippen LogP contribution is 2.29. The normalized spacial score (nSPS) is 11.3. The van der Waals surface area contributed by atoms with Crippen molar-refractivity contribution in [2.75, 3.05) is 11.1 Å². The summed E-state index contributed by atoms with van der Waals surface area (Å²) in [5.74, 6) is -2.20. The van der Waals surface area contributed by atoms with E-state index in [0.29, 0.717) is 11.1 Å². The molecule has 0 saturated heterocycles. The van der Waals surface area contributed by atoms with Gasteiger partial charge in [0.15, 0.2) is 0 Å². The van der Waals surface area contributed by atoms with Gasteiger partial charge in [-0.3, -0.25) is 29.8 Å². The number of anilines is 2. The first-order chi connectivity index (χ1) is 14.9. The summed E-state index contributed by atoms with van der Waals surface area (Å²) in [6.45, 7) is 11.3. The predicted molar refractivity (Wildman–Crippen MR) is 123 cm³/mol. The zero-order valence-corrected chi connectivity index (χ0v) is 17.4. The Labute approximate surface area is 190 Å². The highest BCUT2D eigenvalue weighted by Gasteiger charge is 2.20. The molecular weight excluding hydrogens is 434 g/mol. The smallest absolute Gasteiger partial charge is 0.310 e. The van der Waals surface area contributed by atoms with Gasteiger partial charge in [-0.25, -0.2) is 6.57 Å². The summed E-state index contributed by atoms with van der Waals surface area (Å²) in [6, 6.07) is 7.91. The molecule has 2 unspecified atom stereocenters. The Bertz CT molecular complexity index is 1090. The average Bonchev–Trinajstić information content (AvgIpc) is 2.72. The predicted octanol–water partition coefficient (Wildman–Crippen LogP) is 4.53. The van der Waals surface area contributed by atoms with Gasteiger partial charge in [0.1, 0.15) is 11.4 Å². The Morgan fingerprint density at radius 1 is 1.06 bits per heavy atom. The maximum atomic E-state index is 10.9. The summed E-state index contributed by atoms with van der Waals surface area (Å²) in [4.78, 5) is 45.0. The van der Waals surface area contributed by atoms with E-state index in [9.17, 15) is 29.8 Å². The van der Waals surface area contributed by atoms with Gasteiger partial charge >= 0.3 is 5.97 Å².